The van der Waals surface area contributed by atoms with Gasteiger partial charge in [-0.25, -0.2) is 9.98 Å². The van der Waals surface area contributed by atoms with Crippen molar-refractivity contribution in [3.05, 3.63) is 23.8 Å². The molecule has 1 aromatic carbocycles. The number of benzene rings is 1. The second-order valence-corrected chi connectivity index (χ2v) is 5.08. The number of phenols is 2. The Morgan fingerprint density at radius 1 is 1.24 bits per heavy atom. The molecule has 1 atom stereocenters. The van der Waals surface area contributed by atoms with E-state index in [1.54, 1.807) is 12.1 Å². The van der Waals surface area contributed by atoms with Gasteiger partial charge in [0.15, 0.2) is 17.5 Å². The van der Waals surface area contributed by atoms with Crippen molar-refractivity contribution in [3.63, 3.8) is 0 Å². The first-order valence-corrected chi connectivity index (χ1v) is 6.80. The highest BCUT2D eigenvalue weighted by molar-refractivity contribution is 5.99. The van der Waals surface area contributed by atoms with Crippen LogP contribution >= 0.6 is 0 Å². The molecule has 0 spiro atoms. The zero-order chi connectivity index (χ0) is 15.4. The van der Waals surface area contributed by atoms with Crippen LogP contribution in [0, 0.1) is 0 Å². The maximum atomic E-state index is 9.45. The Hall–Kier alpha value is -2.44. The number of hydrogen-bond acceptors (Lipinski definition) is 7. The van der Waals surface area contributed by atoms with Gasteiger partial charge in [0.2, 0.25) is 5.96 Å². The smallest absolute Gasteiger partial charge is 0.202 e. The van der Waals surface area contributed by atoms with E-state index in [1.165, 1.54) is 6.07 Å². The summed E-state index contributed by atoms with van der Waals surface area (Å²) in [5.41, 5.74) is 0.934. The molecule has 0 saturated heterocycles. The lowest BCUT2D eigenvalue weighted by Crippen LogP contribution is -2.49. The molecule has 0 amide bonds. The maximum absolute atomic E-state index is 9.45. The zero-order valence-electron chi connectivity index (χ0n) is 12.5. The predicted octanol–water partition coefficient (Wildman–Crippen LogP) is 0.453. The average Bonchev–Trinajstić information content (AvgIpc) is 2.42. The lowest BCUT2D eigenvalue weighted by atomic mass is 10.1. The summed E-state index contributed by atoms with van der Waals surface area (Å²) in [6.45, 7) is 2.58. The minimum Gasteiger partial charge on any atom is -0.504 e. The third kappa shape index (κ3) is 4.01. The highest BCUT2D eigenvalue weighted by Gasteiger charge is 2.14. The Kier molecular flexibility index (Phi) is 4.52. The van der Waals surface area contributed by atoms with E-state index in [1.807, 2.05) is 25.9 Å². The molecule has 1 unspecified atom stereocenters. The van der Waals surface area contributed by atoms with E-state index in [2.05, 4.69) is 20.6 Å². The maximum Gasteiger partial charge on any atom is 0.202 e. The van der Waals surface area contributed by atoms with Crippen LogP contribution in [0.15, 0.2) is 28.2 Å². The number of rotatable bonds is 3. The van der Waals surface area contributed by atoms with Crippen molar-refractivity contribution in [2.24, 2.45) is 9.98 Å². The normalized spacial score (nSPS) is 17.6. The molecule has 7 nitrogen and oxygen atoms in total. The molecule has 21 heavy (non-hydrogen) atoms. The number of aromatic hydroxyl groups is 2. The first-order chi connectivity index (χ1) is 9.95. The van der Waals surface area contributed by atoms with Crippen LogP contribution in [0.1, 0.15) is 12.5 Å². The number of phenolic OH excluding ortho intramolecular Hbond substituents is 2. The monoisotopic (exact) mass is 291 g/mol. The van der Waals surface area contributed by atoms with Gasteiger partial charge in [0.1, 0.15) is 6.17 Å². The number of guanidine groups is 2. The van der Waals surface area contributed by atoms with Gasteiger partial charge < -0.3 is 20.4 Å². The molecule has 0 bridgehead atoms. The fraction of sp³-hybridized carbons (Fsp3) is 0.429. The molecule has 0 aromatic heterocycles. The number of nitrogens with one attached hydrogen (secondary N) is 2. The van der Waals surface area contributed by atoms with Crippen LogP contribution in [-0.4, -0.2) is 53.8 Å². The highest BCUT2D eigenvalue weighted by Crippen LogP contribution is 2.24. The summed E-state index contributed by atoms with van der Waals surface area (Å²) in [5.74, 6) is 1.24. The van der Waals surface area contributed by atoms with Crippen molar-refractivity contribution < 1.29 is 10.2 Å². The van der Waals surface area contributed by atoms with Crippen molar-refractivity contribution in [1.82, 2.24) is 15.5 Å². The fourth-order valence-corrected chi connectivity index (χ4v) is 1.93. The van der Waals surface area contributed by atoms with E-state index in [9.17, 15) is 10.2 Å². The fourth-order valence-electron chi connectivity index (χ4n) is 1.93. The molecule has 0 radical (unpaired) electrons. The zero-order valence-corrected chi connectivity index (χ0v) is 12.5. The average molecular weight is 291 g/mol. The molecule has 0 aliphatic carbocycles. The van der Waals surface area contributed by atoms with E-state index in [4.69, 9.17) is 0 Å². The van der Waals surface area contributed by atoms with Gasteiger partial charge in [0, 0.05) is 20.6 Å². The van der Waals surface area contributed by atoms with Crippen LogP contribution in [0.2, 0.25) is 0 Å². The van der Waals surface area contributed by atoms with Gasteiger partial charge in [-0.05, 0) is 31.0 Å². The van der Waals surface area contributed by atoms with Crippen LogP contribution in [0.5, 0.6) is 11.5 Å². The molecular weight excluding hydrogens is 270 g/mol. The molecular formula is C14H21N5O2. The molecule has 0 fully saturated rings. The van der Waals surface area contributed by atoms with Crippen LogP contribution in [-0.2, 0) is 6.42 Å². The lowest BCUT2D eigenvalue weighted by molar-refractivity contribution is 0.403. The lowest BCUT2D eigenvalue weighted by Gasteiger charge is -2.24. The van der Waals surface area contributed by atoms with Gasteiger partial charge in [0.05, 0.1) is 0 Å². The molecule has 0 saturated carbocycles. The highest BCUT2D eigenvalue weighted by atomic mass is 16.3. The Morgan fingerprint density at radius 3 is 2.67 bits per heavy atom. The minimum atomic E-state index is -0.121. The van der Waals surface area contributed by atoms with E-state index >= 15 is 0 Å². The van der Waals surface area contributed by atoms with Gasteiger partial charge in [-0.15, -0.1) is 0 Å². The van der Waals surface area contributed by atoms with E-state index in [0.29, 0.717) is 18.9 Å². The summed E-state index contributed by atoms with van der Waals surface area (Å²) >= 11 is 0. The number of aliphatic imine (C=N–C) groups is 2. The Balaban J connectivity index is 1.87. The van der Waals surface area contributed by atoms with Crippen molar-refractivity contribution in [2.45, 2.75) is 19.5 Å². The van der Waals surface area contributed by atoms with Crippen LogP contribution in [0.4, 0.5) is 0 Å². The summed E-state index contributed by atoms with van der Waals surface area (Å²) in [5, 5.41) is 25.0. The topological polar surface area (TPSA) is 92.5 Å². The van der Waals surface area contributed by atoms with Crippen molar-refractivity contribution >= 4 is 11.9 Å². The second-order valence-electron chi connectivity index (χ2n) is 5.08. The van der Waals surface area contributed by atoms with E-state index in [-0.39, 0.29) is 17.7 Å². The molecule has 1 aliphatic heterocycles. The molecule has 114 valence electrons. The summed E-state index contributed by atoms with van der Waals surface area (Å²) in [6, 6.07) is 4.82. The van der Waals surface area contributed by atoms with Crippen LogP contribution in [0.25, 0.3) is 0 Å². The Morgan fingerprint density at radius 2 is 2.00 bits per heavy atom. The van der Waals surface area contributed by atoms with Gasteiger partial charge >= 0.3 is 0 Å². The van der Waals surface area contributed by atoms with Gasteiger partial charge in [-0.3, -0.25) is 5.32 Å². The first kappa shape index (κ1) is 15.0. The van der Waals surface area contributed by atoms with Gasteiger partial charge in [-0.2, -0.15) is 0 Å². The molecule has 7 heteroatoms. The molecule has 1 aliphatic rings. The molecule has 2 rings (SSSR count). The van der Waals surface area contributed by atoms with Gasteiger partial charge in [0.25, 0.3) is 0 Å². The van der Waals surface area contributed by atoms with Gasteiger partial charge in [-0.1, -0.05) is 6.07 Å². The molecule has 1 heterocycles. The van der Waals surface area contributed by atoms with Crippen LogP contribution < -0.4 is 10.6 Å². The molecule has 1 aromatic rings. The molecule has 4 N–H and O–H groups in total. The third-order valence-corrected chi connectivity index (χ3v) is 3.02. The Bertz CT molecular complexity index is 568. The number of hydrogen-bond donors (Lipinski definition) is 4. The second kappa shape index (κ2) is 6.34. The predicted molar refractivity (Wildman–Crippen MR) is 82.6 cm³/mol. The quantitative estimate of drug-likeness (QED) is 0.607. The minimum absolute atomic E-state index is 0.101. The third-order valence-electron chi connectivity index (χ3n) is 3.02. The van der Waals surface area contributed by atoms with E-state index in [0.717, 1.165) is 11.5 Å². The van der Waals surface area contributed by atoms with Crippen molar-refractivity contribution in [1.29, 1.82) is 0 Å². The standard InChI is InChI=1S/C14H21N5O2/c1-9-16-13(18-14(17-9)19(2)3)15-7-6-10-4-5-11(20)12(21)8-10/h4-5,8-9,20-21H,6-7H2,1-3H3,(H2,15,16,17,18). The number of nitrogens with zero attached hydrogens (tertiary/aromatic N) is 3. The summed E-state index contributed by atoms with van der Waals surface area (Å²) in [6.07, 6.45) is 0.584. The Labute approximate surface area is 124 Å². The summed E-state index contributed by atoms with van der Waals surface area (Å²) < 4.78 is 0. The summed E-state index contributed by atoms with van der Waals surface area (Å²) in [4.78, 5) is 10.6. The van der Waals surface area contributed by atoms with Crippen molar-refractivity contribution in [3.8, 4) is 11.5 Å². The first-order valence-electron chi connectivity index (χ1n) is 6.80. The SMILES string of the molecule is CC1N=C(NCCc2ccc(O)c(O)c2)NC(N(C)C)=N1. The summed E-state index contributed by atoms with van der Waals surface area (Å²) in [7, 11) is 3.83. The van der Waals surface area contributed by atoms with Crippen LogP contribution in [0.3, 0.4) is 0 Å². The largest absolute Gasteiger partial charge is 0.504 e. The van der Waals surface area contributed by atoms with Crippen molar-refractivity contribution in [2.75, 3.05) is 20.6 Å². The van der Waals surface area contributed by atoms with E-state index < -0.39 is 0 Å².